The highest BCUT2D eigenvalue weighted by atomic mass is 19.4. The van der Waals surface area contributed by atoms with Crippen LogP contribution >= 0.6 is 0 Å². The summed E-state index contributed by atoms with van der Waals surface area (Å²) in [5.74, 6) is 0.670. The number of hydrogen-bond acceptors (Lipinski definition) is 4. The van der Waals surface area contributed by atoms with Gasteiger partial charge in [-0.25, -0.2) is 9.97 Å². The van der Waals surface area contributed by atoms with Crippen molar-refractivity contribution in [2.45, 2.75) is 38.4 Å². The molecule has 1 fully saturated rings. The zero-order valence-electron chi connectivity index (χ0n) is 11.8. The van der Waals surface area contributed by atoms with E-state index in [0.717, 1.165) is 4.90 Å². The van der Waals surface area contributed by atoms with E-state index in [4.69, 9.17) is 0 Å². The number of alkyl halides is 3. The van der Waals surface area contributed by atoms with Gasteiger partial charge in [0, 0.05) is 18.7 Å². The minimum absolute atomic E-state index is 0.0954. The third-order valence-corrected chi connectivity index (χ3v) is 3.18. The average Bonchev–Trinajstić information content (AvgIpc) is 2.70. The quantitative estimate of drug-likeness (QED) is 0.926. The predicted octanol–water partition coefficient (Wildman–Crippen LogP) is 2.18. The molecule has 0 spiro atoms. The lowest BCUT2D eigenvalue weighted by Crippen LogP contribution is -2.39. The van der Waals surface area contributed by atoms with Crippen molar-refractivity contribution in [2.24, 2.45) is 0 Å². The molecule has 1 amide bonds. The van der Waals surface area contributed by atoms with Gasteiger partial charge in [-0.1, -0.05) is 13.8 Å². The van der Waals surface area contributed by atoms with E-state index in [0.29, 0.717) is 18.1 Å². The van der Waals surface area contributed by atoms with E-state index in [1.165, 1.54) is 0 Å². The number of carbonyl (C=O) groups excluding carboxylic acids is 1. The first-order valence-electron chi connectivity index (χ1n) is 6.71. The molecule has 0 aromatic carbocycles. The number of halogens is 3. The van der Waals surface area contributed by atoms with Gasteiger partial charge in [0.15, 0.2) is 0 Å². The van der Waals surface area contributed by atoms with Crippen LogP contribution in [0, 0.1) is 0 Å². The van der Waals surface area contributed by atoms with E-state index in [-0.39, 0.29) is 12.5 Å². The SMILES string of the molecule is CC(C)c1nccc(NC2CCN(CC(F)(F)F)C2=O)n1. The highest BCUT2D eigenvalue weighted by Gasteiger charge is 2.39. The molecule has 1 aromatic heterocycles. The molecule has 1 unspecified atom stereocenters. The van der Waals surface area contributed by atoms with E-state index in [2.05, 4.69) is 15.3 Å². The maximum Gasteiger partial charge on any atom is 0.406 e. The lowest BCUT2D eigenvalue weighted by atomic mass is 10.2. The van der Waals surface area contributed by atoms with Gasteiger partial charge in [-0.3, -0.25) is 4.79 Å². The molecule has 1 aliphatic rings. The summed E-state index contributed by atoms with van der Waals surface area (Å²) in [6.45, 7) is 2.76. The Hall–Kier alpha value is -1.86. The van der Waals surface area contributed by atoms with Crippen molar-refractivity contribution < 1.29 is 18.0 Å². The minimum atomic E-state index is -4.37. The predicted molar refractivity (Wildman–Crippen MR) is 70.8 cm³/mol. The smallest absolute Gasteiger partial charge is 0.358 e. The Morgan fingerprint density at radius 2 is 2.19 bits per heavy atom. The molecular weight excluding hydrogens is 285 g/mol. The average molecular weight is 302 g/mol. The van der Waals surface area contributed by atoms with Crippen LogP contribution in [0.25, 0.3) is 0 Å². The van der Waals surface area contributed by atoms with Crippen LogP contribution < -0.4 is 5.32 Å². The molecule has 8 heteroatoms. The number of aromatic nitrogens is 2. The monoisotopic (exact) mass is 302 g/mol. The molecule has 2 heterocycles. The van der Waals surface area contributed by atoms with Crippen molar-refractivity contribution in [1.82, 2.24) is 14.9 Å². The summed E-state index contributed by atoms with van der Waals surface area (Å²) >= 11 is 0. The van der Waals surface area contributed by atoms with Gasteiger partial charge < -0.3 is 10.2 Å². The summed E-state index contributed by atoms with van der Waals surface area (Å²) in [5.41, 5.74) is 0. The zero-order valence-corrected chi connectivity index (χ0v) is 11.8. The second-order valence-corrected chi connectivity index (χ2v) is 5.32. The fraction of sp³-hybridized carbons (Fsp3) is 0.615. The van der Waals surface area contributed by atoms with Crippen LogP contribution in [-0.2, 0) is 4.79 Å². The number of carbonyl (C=O) groups is 1. The van der Waals surface area contributed by atoms with Gasteiger partial charge in [-0.2, -0.15) is 13.2 Å². The van der Waals surface area contributed by atoms with E-state index in [9.17, 15) is 18.0 Å². The third kappa shape index (κ3) is 4.05. The third-order valence-electron chi connectivity index (χ3n) is 3.18. The molecule has 5 nitrogen and oxygen atoms in total. The number of nitrogens with one attached hydrogen (secondary N) is 1. The van der Waals surface area contributed by atoms with Crippen LogP contribution in [0.4, 0.5) is 19.0 Å². The lowest BCUT2D eigenvalue weighted by Gasteiger charge is -2.19. The minimum Gasteiger partial charge on any atom is -0.358 e. The largest absolute Gasteiger partial charge is 0.406 e. The Balaban J connectivity index is 2.01. The summed E-state index contributed by atoms with van der Waals surface area (Å²) in [4.78, 5) is 21.1. The fourth-order valence-electron chi connectivity index (χ4n) is 2.16. The van der Waals surface area contributed by atoms with E-state index in [1.807, 2.05) is 13.8 Å². The van der Waals surface area contributed by atoms with Crippen molar-refractivity contribution in [3.63, 3.8) is 0 Å². The van der Waals surface area contributed by atoms with Gasteiger partial charge in [0.05, 0.1) is 0 Å². The van der Waals surface area contributed by atoms with Crippen molar-refractivity contribution in [3.8, 4) is 0 Å². The maximum absolute atomic E-state index is 12.3. The molecule has 1 aromatic rings. The summed E-state index contributed by atoms with van der Waals surface area (Å²) in [6, 6.07) is 0.938. The van der Waals surface area contributed by atoms with Gasteiger partial charge in [0.1, 0.15) is 24.2 Å². The molecule has 1 atom stereocenters. The van der Waals surface area contributed by atoms with Gasteiger partial charge >= 0.3 is 6.18 Å². The number of hydrogen-bond donors (Lipinski definition) is 1. The summed E-state index contributed by atoms with van der Waals surface area (Å²) in [7, 11) is 0. The van der Waals surface area contributed by atoms with Crippen molar-refractivity contribution >= 4 is 11.7 Å². The molecule has 0 bridgehead atoms. The van der Waals surface area contributed by atoms with Crippen molar-refractivity contribution in [3.05, 3.63) is 18.1 Å². The molecule has 1 N–H and O–H groups in total. The molecule has 21 heavy (non-hydrogen) atoms. The Morgan fingerprint density at radius 3 is 2.81 bits per heavy atom. The van der Waals surface area contributed by atoms with Gasteiger partial charge in [0.2, 0.25) is 5.91 Å². The number of rotatable bonds is 4. The molecular formula is C13H17F3N4O. The highest BCUT2D eigenvalue weighted by Crippen LogP contribution is 2.22. The topological polar surface area (TPSA) is 58.1 Å². The normalized spacial score (nSPS) is 19.4. The van der Waals surface area contributed by atoms with Crippen LogP contribution in [0.1, 0.15) is 32.0 Å². The van der Waals surface area contributed by atoms with E-state index >= 15 is 0 Å². The first kappa shape index (κ1) is 15.5. The summed E-state index contributed by atoms with van der Waals surface area (Å²) in [6.07, 6.45) is -2.47. The first-order chi connectivity index (χ1) is 9.76. The molecule has 0 radical (unpaired) electrons. The lowest BCUT2D eigenvalue weighted by molar-refractivity contribution is -0.157. The van der Waals surface area contributed by atoms with Crippen molar-refractivity contribution in [2.75, 3.05) is 18.4 Å². The Labute approximate surface area is 120 Å². The Kier molecular flexibility index (Phi) is 4.34. The Bertz CT molecular complexity index is 518. The second kappa shape index (κ2) is 5.87. The molecule has 0 aliphatic carbocycles. The highest BCUT2D eigenvalue weighted by molar-refractivity contribution is 5.86. The van der Waals surface area contributed by atoms with Crippen LogP contribution in [-0.4, -0.2) is 46.1 Å². The molecule has 0 saturated carbocycles. The maximum atomic E-state index is 12.3. The van der Waals surface area contributed by atoms with Gasteiger partial charge in [-0.15, -0.1) is 0 Å². The Morgan fingerprint density at radius 1 is 1.48 bits per heavy atom. The first-order valence-corrected chi connectivity index (χ1v) is 6.71. The van der Waals surface area contributed by atoms with E-state index < -0.39 is 24.7 Å². The number of nitrogens with zero attached hydrogens (tertiary/aromatic N) is 3. The molecule has 1 aliphatic heterocycles. The molecule has 1 saturated heterocycles. The van der Waals surface area contributed by atoms with E-state index in [1.54, 1.807) is 12.3 Å². The van der Waals surface area contributed by atoms with Gasteiger partial charge in [0.25, 0.3) is 0 Å². The van der Waals surface area contributed by atoms with Crippen molar-refractivity contribution in [1.29, 1.82) is 0 Å². The van der Waals surface area contributed by atoms with Crippen LogP contribution in [0.3, 0.4) is 0 Å². The van der Waals surface area contributed by atoms with Crippen LogP contribution in [0.2, 0.25) is 0 Å². The number of amides is 1. The standard InChI is InChI=1S/C13H17F3N4O/c1-8(2)11-17-5-3-10(19-11)18-9-4-6-20(12(9)21)7-13(14,15)16/h3,5,8-9H,4,6-7H2,1-2H3,(H,17,18,19). The number of anilines is 1. The number of likely N-dealkylation sites (tertiary alicyclic amines) is 1. The molecule has 116 valence electrons. The zero-order chi connectivity index (χ0) is 15.6. The van der Waals surface area contributed by atoms with Gasteiger partial charge in [-0.05, 0) is 12.5 Å². The molecule has 2 rings (SSSR count). The second-order valence-electron chi connectivity index (χ2n) is 5.32. The summed E-state index contributed by atoms with van der Waals surface area (Å²) in [5, 5.41) is 2.89. The van der Waals surface area contributed by atoms with Crippen LogP contribution in [0.15, 0.2) is 12.3 Å². The fourth-order valence-corrected chi connectivity index (χ4v) is 2.16. The van der Waals surface area contributed by atoms with Crippen LogP contribution in [0.5, 0.6) is 0 Å². The summed E-state index contributed by atoms with van der Waals surface area (Å²) < 4.78 is 37.0.